The maximum absolute atomic E-state index is 11.6. The summed E-state index contributed by atoms with van der Waals surface area (Å²) in [5.41, 5.74) is 1.70. The largest absolute Gasteiger partial charge is 0.310 e. The lowest BCUT2D eigenvalue weighted by molar-refractivity contribution is -0.117. The molecule has 2 heterocycles. The molecule has 15 heavy (non-hydrogen) atoms. The zero-order chi connectivity index (χ0) is 10.8. The van der Waals surface area contributed by atoms with Gasteiger partial charge in [-0.3, -0.25) is 9.78 Å². The molecule has 76 valence electrons. The van der Waals surface area contributed by atoms with Crippen molar-refractivity contribution in [3.05, 3.63) is 24.0 Å². The van der Waals surface area contributed by atoms with Crippen molar-refractivity contribution in [2.45, 2.75) is 13.3 Å². The van der Waals surface area contributed by atoms with Crippen molar-refractivity contribution in [2.75, 3.05) is 11.4 Å². The van der Waals surface area contributed by atoms with E-state index in [-0.39, 0.29) is 11.8 Å². The van der Waals surface area contributed by atoms with Crippen LogP contribution in [-0.2, 0) is 4.79 Å². The first-order chi connectivity index (χ1) is 7.20. The third-order valence-corrected chi connectivity index (χ3v) is 2.52. The smallest absolute Gasteiger partial charge is 0.228 e. The molecule has 1 aliphatic heterocycles. The van der Waals surface area contributed by atoms with Gasteiger partial charge < -0.3 is 4.90 Å². The van der Waals surface area contributed by atoms with Gasteiger partial charge in [0.25, 0.3) is 0 Å². The first-order valence-electron chi connectivity index (χ1n) is 4.83. The highest BCUT2D eigenvalue weighted by Crippen LogP contribution is 2.23. The third-order valence-electron chi connectivity index (χ3n) is 2.52. The summed E-state index contributed by atoms with van der Waals surface area (Å²) in [6.45, 7) is 2.38. The van der Waals surface area contributed by atoms with Crippen LogP contribution in [0.25, 0.3) is 0 Å². The van der Waals surface area contributed by atoms with Gasteiger partial charge in [-0.1, -0.05) is 0 Å². The maximum Gasteiger partial charge on any atom is 0.228 e. The molecule has 0 radical (unpaired) electrons. The highest BCUT2D eigenvalue weighted by Gasteiger charge is 2.30. The van der Waals surface area contributed by atoms with E-state index in [1.807, 2.05) is 19.1 Å². The summed E-state index contributed by atoms with van der Waals surface area (Å²) < 4.78 is 0. The molecule has 0 aromatic carbocycles. The zero-order valence-corrected chi connectivity index (χ0v) is 8.47. The highest BCUT2D eigenvalue weighted by atomic mass is 16.2. The van der Waals surface area contributed by atoms with Gasteiger partial charge in [0.2, 0.25) is 5.91 Å². The van der Waals surface area contributed by atoms with Crippen LogP contribution >= 0.6 is 0 Å². The molecule has 0 bridgehead atoms. The summed E-state index contributed by atoms with van der Waals surface area (Å²) >= 11 is 0. The number of hydrogen-bond acceptors (Lipinski definition) is 3. The first kappa shape index (κ1) is 9.66. The molecule has 1 aromatic rings. The molecule has 0 spiro atoms. The van der Waals surface area contributed by atoms with E-state index in [2.05, 4.69) is 11.1 Å². The molecule has 0 aliphatic carbocycles. The molecule has 4 heteroatoms. The number of hydrogen-bond donors (Lipinski definition) is 0. The van der Waals surface area contributed by atoms with E-state index in [1.165, 1.54) is 0 Å². The highest BCUT2D eigenvalue weighted by molar-refractivity contribution is 5.95. The van der Waals surface area contributed by atoms with Gasteiger partial charge in [0.1, 0.15) is 0 Å². The molecule has 0 saturated carbocycles. The Morgan fingerprint density at radius 1 is 1.60 bits per heavy atom. The average Bonchev–Trinajstić information content (AvgIpc) is 2.61. The molecule has 0 N–H and O–H groups in total. The van der Waals surface area contributed by atoms with E-state index < -0.39 is 0 Å². The second-order valence-corrected chi connectivity index (χ2v) is 3.69. The first-order valence-corrected chi connectivity index (χ1v) is 4.83. The molecule has 1 amide bonds. The zero-order valence-electron chi connectivity index (χ0n) is 8.47. The fraction of sp³-hybridized carbons (Fsp3) is 0.364. The van der Waals surface area contributed by atoms with Crippen LogP contribution in [0.15, 0.2) is 18.3 Å². The van der Waals surface area contributed by atoms with Crippen LogP contribution in [0.2, 0.25) is 0 Å². The van der Waals surface area contributed by atoms with E-state index in [0.29, 0.717) is 13.0 Å². The van der Waals surface area contributed by atoms with E-state index in [0.717, 1.165) is 11.4 Å². The van der Waals surface area contributed by atoms with Crippen molar-refractivity contribution >= 4 is 11.6 Å². The van der Waals surface area contributed by atoms with E-state index >= 15 is 0 Å². The number of carbonyl (C=O) groups is 1. The predicted octanol–water partition coefficient (Wildman–Crippen LogP) is 1.27. The molecule has 4 nitrogen and oxygen atoms in total. The van der Waals surface area contributed by atoms with Crippen molar-refractivity contribution in [1.29, 1.82) is 5.26 Å². The van der Waals surface area contributed by atoms with Crippen LogP contribution < -0.4 is 4.90 Å². The molecule has 2 rings (SSSR count). The number of amides is 1. The standard InChI is InChI=1S/C11H11N3O/c1-8-2-3-10(6-13-8)14-7-9(5-12)4-11(14)15/h2-3,6,9H,4,7H2,1H3. The van der Waals surface area contributed by atoms with Gasteiger partial charge in [-0.15, -0.1) is 0 Å². The lowest BCUT2D eigenvalue weighted by atomic mass is 10.1. The topological polar surface area (TPSA) is 57.0 Å². The summed E-state index contributed by atoms with van der Waals surface area (Å²) in [6, 6.07) is 5.85. The SMILES string of the molecule is Cc1ccc(N2CC(C#N)CC2=O)cn1. The van der Waals surface area contributed by atoms with Crippen LogP contribution in [0.3, 0.4) is 0 Å². The molecule has 1 unspecified atom stereocenters. The quantitative estimate of drug-likeness (QED) is 0.687. The van der Waals surface area contributed by atoms with Crippen molar-refractivity contribution < 1.29 is 4.79 Å². The third kappa shape index (κ3) is 1.82. The van der Waals surface area contributed by atoms with Gasteiger partial charge in [0.15, 0.2) is 0 Å². The number of aromatic nitrogens is 1. The van der Waals surface area contributed by atoms with Gasteiger partial charge in [-0.05, 0) is 19.1 Å². The maximum atomic E-state index is 11.6. The van der Waals surface area contributed by atoms with Crippen molar-refractivity contribution in [1.82, 2.24) is 4.98 Å². The molecular weight excluding hydrogens is 190 g/mol. The molecule has 1 aromatic heterocycles. The summed E-state index contributed by atoms with van der Waals surface area (Å²) in [7, 11) is 0. The van der Waals surface area contributed by atoms with Gasteiger partial charge >= 0.3 is 0 Å². The minimum Gasteiger partial charge on any atom is -0.310 e. The molecule has 1 saturated heterocycles. The number of anilines is 1. The van der Waals surface area contributed by atoms with E-state index in [4.69, 9.17) is 5.26 Å². The summed E-state index contributed by atoms with van der Waals surface area (Å²) in [5, 5.41) is 8.75. The van der Waals surface area contributed by atoms with Crippen LogP contribution in [0.5, 0.6) is 0 Å². The normalized spacial score (nSPS) is 20.4. The van der Waals surface area contributed by atoms with Crippen LogP contribution in [-0.4, -0.2) is 17.4 Å². The Morgan fingerprint density at radius 3 is 2.93 bits per heavy atom. The van der Waals surface area contributed by atoms with Crippen molar-refractivity contribution in [2.24, 2.45) is 5.92 Å². The molecule has 1 atom stereocenters. The lowest BCUT2D eigenvalue weighted by Crippen LogP contribution is -2.24. The summed E-state index contributed by atoms with van der Waals surface area (Å²) in [6.07, 6.45) is 2.00. The monoisotopic (exact) mass is 201 g/mol. The Hall–Kier alpha value is -1.89. The van der Waals surface area contributed by atoms with Gasteiger partial charge in [-0.2, -0.15) is 5.26 Å². The Bertz CT molecular complexity index is 418. The second kappa shape index (κ2) is 3.70. The number of nitriles is 1. The Kier molecular flexibility index (Phi) is 2.38. The molecule has 1 fully saturated rings. The minimum atomic E-state index is -0.182. The molecule has 1 aliphatic rings. The van der Waals surface area contributed by atoms with Gasteiger partial charge in [0.05, 0.1) is 23.9 Å². The Morgan fingerprint density at radius 2 is 2.40 bits per heavy atom. The Labute approximate surface area is 88.1 Å². The van der Waals surface area contributed by atoms with Crippen LogP contribution in [0.1, 0.15) is 12.1 Å². The number of nitrogens with zero attached hydrogens (tertiary/aromatic N) is 3. The summed E-state index contributed by atoms with van der Waals surface area (Å²) in [4.78, 5) is 17.3. The van der Waals surface area contributed by atoms with Crippen LogP contribution in [0, 0.1) is 24.2 Å². The van der Waals surface area contributed by atoms with E-state index in [9.17, 15) is 4.79 Å². The Balaban J connectivity index is 2.22. The summed E-state index contributed by atoms with van der Waals surface area (Å²) in [5.74, 6) is -0.175. The van der Waals surface area contributed by atoms with Gasteiger partial charge in [0, 0.05) is 18.7 Å². The number of pyridine rings is 1. The molecular formula is C11H11N3O. The number of rotatable bonds is 1. The van der Waals surface area contributed by atoms with E-state index in [1.54, 1.807) is 11.1 Å². The van der Waals surface area contributed by atoms with Crippen molar-refractivity contribution in [3.63, 3.8) is 0 Å². The van der Waals surface area contributed by atoms with Crippen molar-refractivity contribution in [3.8, 4) is 6.07 Å². The lowest BCUT2D eigenvalue weighted by Gasteiger charge is -2.14. The fourth-order valence-electron chi connectivity index (χ4n) is 1.66. The van der Waals surface area contributed by atoms with Crippen LogP contribution in [0.4, 0.5) is 5.69 Å². The van der Waals surface area contributed by atoms with Gasteiger partial charge in [-0.25, -0.2) is 0 Å². The second-order valence-electron chi connectivity index (χ2n) is 3.69. The predicted molar refractivity (Wildman–Crippen MR) is 55.0 cm³/mol. The number of carbonyl (C=O) groups excluding carboxylic acids is 1. The fourth-order valence-corrected chi connectivity index (χ4v) is 1.66. The average molecular weight is 201 g/mol. The number of aryl methyl sites for hydroxylation is 1. The minimum absolute atomic E-state index is 0.00667.